The molecule has 1 aromatic carbocycles. The summed E-state index contributed by atoms with van der Waals surface area (Å²) >= 11 is 12.3. The third-order valence-electron chi connectivity index (χ3n) is 4.13. The van der Waals surface area contributed by atoms with Gasteiger partial charge in [-0.05, 0) is 24.6 Å². The number of halogens is 2. The van der Waals surface area contributed by atoms with E-state index in [1.165, 1.54) is 19.1 Å². The standard InChI is InChI=1S/C18H22Cl2N2O5/c1-11-15(17(23)27-9-8-26-3)16(13-5-4-12(19)10-14(13)20)21-18(24)22(11)6-7-25-2/h4-5,10,16H,6-9H2,1-3H3,(H,21,24). The van der Waals surface area contributed by atoms with E-state index >= 15 is 0 Å². The van der Waals surface area contributed by atoms with Crippen LogP contribution >= 0.6 is 23.2 Å². The Labute approximate surface area is 168 Å². The summed E-state index contributed by atoms with van der Waals surface area (Å²) in [6.45, 7) is 2.68. The average Bonchev–Trinajstić information content (AvgIpc) is 2.61. The number of ether oxygens (including phenoxy) is 3. The van der Waals surface area contributed by atoms with Crippen molar-refractivity contribution >= 4 is 35.2 Å². The van der Waals surface area contributed by atoms with E-state index in [4.69, 9.17) is 37.4 Å². The molecule has 0 spiro atoms. The molecule has 0 saturated carbocycles. The molecule has 0 fully saturated rings. The Morgan fingerprint density at radius 2 is 1.89 bits per heavy atom. The van der Waals surface area contributed by atoms with Crippen molar-refractivity contribution in [2.45, 2.75) is 13.0 Å². The number of amides is 2. The van der Waals surface area contributed by atoms with Crippen LogP contribution < -0.4 is 5.32 Å². The number of hydrogen-bond donors (Lipinski definition) is 1. The fourth-order valence-electron chi connectivity index (χ4n) is 2.76. The summed E-state index contributed by atoms with van der Waals surface area (Å²) in [7, 11) is 3.05. The Morgan fingerprint density at radius 1 is 1.19 bits per heavy atom. The Hall–Kier alpha value is -1.80. The van der Waals surface area contributed by atoms with E-state index in [2.05, 4.69) is 5.32 Å². The van der Waals surface area contributed by atoms with E-state index in [1.54, 1.807) is 25.1 Å². The maximum Gasteiger partial charge on any atom is 0.338 e. The van der Waals surface area contributed by atoms with Crippen LogP contribution in [0.4, 0.5) is 4.79 Å². The van der Waals surface area contributed by atoms with Gasteiger partial charge in [0, 0.05) is 30.0 Å². The SMILES string of the molecule is COCCOC(=O)C1=C(C)N(CCOC)C(=O)NC1c1ccc(Cl)cc1Cl. The Morgan fingerprint density at radius 3 is 2.52 bits per heavy atom. The van der Waals surface area contributed by atoms with E-state index in [0.717, 1.165) is 0 Å². The summed E-state index contributed by atoms with van der Waals surface area (Å²) in [5.74, 6) is -0.553. The highest BCUT2D eigenvalue weighted by Gasteiger charge is 2.37. The van der Waals surface area contributed by atoms with Crippen LogP contribution in [0, 0.1) is 0 Å². The van der Waals surface area contributed by atoms with Crippen LogP contribution in [-0.4, -0.2) is 57.5 Å². The molecule has 1 N–H and O–H groups in total. The van der Waals surface area contributed by atoms with Crippen molar-refractivity contribution in [3.63, 3.8) is 0 Å². The summed E-state index contributed by atoms with van der Waals surface area (Å²) in [6, 6.07) is 3.78. The summed E-state index contributed by atoms with van der Waals surface area (Å²) < 4.78 is 15.3. The topological polar surface area (TPSA) is 77.1 Å². The van der Waals surface area contributed by atoms with Gasteiger partial charge in [0.05, 0.1) is 31.4 Å². The van der Waals surface area contributed by atoms with Crippen molar-refractivity contribution in [3.05, 3.63) is 45.1 Å². The minimum Gasteiger partial charge on any atom is -0.460 e. The summed E-state index contributed by atoms with van der Waals surface area (Å²) in [5.41, 5.74) is 1.33. The highest BCUT2D eigenvalue weighted by atomic mass is 35.5. The third kappa shape index (κ3) is 5.13. The fraction of sp³-hybridized carbons (Fsp3) is 0.444. The molecule has 0 bridgehead atoms. The molecule has 2 amide bonds. The first kappa shape index (κ1) is 21.5. The molecule has 0 saturated heterocycles. The number of urea groups is 1. The number of benzene rings is 1. The molecule has 0 aliphatic carbocycles. The zero-order valence-electron chi connectivity index (χ0n) is 15.4. The first-order valence-corrected chi connectivity index (χ1v) is 9.05. The minimum absolute atomic E-state index is 0.0964. The maximum atomic E-state index is 12.8. The number of methoxy groups -OCH3 is 2. The van der Waals surface area contributed by atoms with Gasteiger partial charge in [0.25, 0.3) is 0 Å². The molecule has 1 aromatic rings. The number of carbonyl (C=O) groups excluding carboxylic acids is 2. The van der Waals surface area contributed by atoms with E-state index < -0.39 is 12.0 Å². The van der Waals surface area contributed by atoms with Crippen LogP contribution in [0.15, 0.2) is 29.5 Å². The molecule has 0 radical (unpaired) electrons. The van der Waals surface area contributed by atoms with Crippen LogP contribution in [0.25, 0.3) is 0 Å². The predicted molar refractivity (Wildman–Crippen MR) is 102 cm³/mol. The lowest BCUT2D eigenvalue weighted by Crippen LogP contribution is -2.49. The van der Waals surface area contributed by atoms with E-state index in [-0.39, 0.29) is 19.2 Å². The van der Waals surface area contributed by atoms with Gasteiger partial charge >= 0.3 is 12.0 Å². The first-order chi connectivity index (χ1) is 12.9. The van der Waals surface area contributed by atoms with Crippen molar-refractivity contribution < 1.29 is 23.8 Å². The number of rotatable bonds is 8. The van der Waals surface area contributed by atoms with Crippen molar-refractivity contribution in [1.82, 2.24) is 10.2 Å². The number of carbonyl (C=O) groups is 2. The van der Waals surface area contributed by atoms with Gasteiger partial charge in [-0.25, -0.2) is 9.59 Å². The van der Waals surface area contributed by atoms with Gasteiger partial charge in [-0.15, -0.1) is 0 Å². The number of nitrogens with one attached hydrogen (secondary N) is 1. The molecule has 27 heavy (non-hydrogen) atoms. The van der Waals surface area contributed by atoms with Crippen LogP contribution in [0.2, 0.25) is 10.0 Å². The van der Waals surface area contributed by atoms with Crippen LogP contribution in [0.1, 0.15) is 18.5 Å². The van der Waals surface area contributed by atoms with E-state index in [0.29, 0.717) is 40.0 Å². The zero-order valence-corrected chi connectivity index (χ0v) is 16.9. The van der Waals surface area contributed by atoms with Gasteiger partial charge in [0.15, 0.2) is 0 Å². The Kier molecular flexibility index (Phi) is 7.91. The van der Waals surface area contributed by atoms with Crippen molar-refractivity contribution in [1.29, 1.82) is 0 Å². The number of esters is 1. The molecule has 2 rings (SSSR count). The number of allylic oxidation sites excluding steroid dienone is 1. The fourth-order valence-corrected chi connectivity index (χ4v) is 3.28. The lowest BCUT2D eigenvalue weighted by atomic mass is 9.95. The molecule has 1 aliphatic rings. The smallest absolute Gasteiger partial charge is 0.338 e. The lowest BCUT2D eigenvalue weighted by molar-refractivity contribution is -0.140. The van der Waals surface area contributed by atoms with Crippen molar-refractivity contribution in [2.24, 2.45) is 0 Å². The summed E-state index contributed by atoms with van der Waals surface area (Å²) in [4.78, 5) is 26.8. The van der Waals surface area contributed by atoms with Gasteiger partial charge in [-0.1, -0.05) is 29.3 Å². The van der Waals surface area contributed by atoms with E-state index in [9.17, 15) is 9.59 Å². The van der Waals surface area contributed by atoms with Gasteiger partial charge in [0.2, 0.25) is 0 Å². The molecular formula is C18H22Cl2N2O5. The molecule has 1 heterocycles. The summed E-state index contributed by atoms with van der Waals surface area (Å²) in [5, 5.41) is 3.61. The molecule has 0 aromatic heterocycles. The average molecular weight is 417 g/mol. The highest BCUT2D eigenvalue weighted by molar-refractivity contribution is 6.35. The van der Waals surface area contributed by atoms with Crippen molar-refractivity contribution in [3.8, 4) is 0 Å². The number of hydrogen-bond acceptors (Lipinski definition) is 5. The number of nitrogens with zero attached hydrogens (tertiary/aromatic N) is 1. The Bertz CT molecular complexity index is 738. The molecule has 1 atom stereocenters. The van der Waals surface area contributed by atoms with Crippen LogP contribution in [-0.2, 0) is 19.0 Å². The largest absolute Gasteiger partial charge is 0.460 e. The van der Waals surface area contributed by atoms with Gasteiger partial charge in [0.1, 0.15) is 6.61 Å². The third-order valence-corrected chi connectivity index (χ3v) is 4.69. The zero-order chi connectivity index (χ0) is 20.0. The molecule has 148 valence electrons. The minimum atomic E-state index is -0.754. The van der Waals surface area contributed by atoms with Crippen LogP contribution in [0.3, 0.4) is 0 Å². The second kappa shape index (κ2) is 9.94. The van der Waals surface area contributed by atoms with E-state index in [1.807, 2.05) is 0 Å². The van der Waals surface area contributed by atoms with Crippen LogP contribution in [0.5, 0.6) is 0 Å². The van der Waals surface area contributed by atoms with Crippen molar-refractivity contribution in [2.75, 3.05) is 40.6 Å². The predicted octanol–water partition coefficient (Wildman–Crippen LogP) is 3.17. The highest BCUT2D eigenvalue weighted by Crippen LogP contribution is 2.35. The second-order valence-electron chi connectivity index (χ2n) is 5.82. The Balaban J connectivity index is 2.45. The van der Waals surface area contributed by atoms with Gasteiger partial charge < -0.3 is 19.5 Å². The maximum absolute atomic E-state index is 12.8. The van der Waals surface area contributed by atoms with Gasteiger partial charge in [-0.3, -0.25) is 4.90 Å². The monoisotopic (exact) mass is 416 g/mol. The lowest BCUT2D eigenvalue weighted by Gasteiger charge is -2.35. The summed E-state index contributed by atoms with van der Waals surface area (Å²) in [6.07, 6.45) is 0. The second-order valence-corrected chi connectivity index (χ2v) is 6.66. The molecule has 1 aliphatic heterocycles. The first-order valence-electron chi connectivity index (χ1n) is 8.29. The normalized spacial score (nSPS) is 17.1. The molecule has 1 unspecified atom stereocenters. The quantitative estimate of drug-likeness (QED) is 0.520. The molecule has 9 heteroatoms. The molecule has 7 nitrogen and oxygen atoms in total. The van der Waals surface area contributed by atoms with Gasteiger partial charge in [-0.2, -0.15) is 0 Å². The molecular weight excluding hydrogens is 395 g/mol.